The zero-order chi connectivity index (χ0) is 20.1. The van der Waals surface area contributed by atoms with Crippen LogP contribution < -0.4 is 5.32 Å². The Morgan fingerprint density at radius 1 is 1.18 bits per heavy atom. The van der Waals surface area contributed by atoms with E-state index in [1.54, 1.807) is 11.3 Å². The SMILES string of the molecule is CCCc1sc(C(=O)N2CCC(NC(=O)c3ccc(F)cc3)CC2)cc1CC. The normalized spacial score (nSPS) is 14.9. The number of hydrogen-bond donors (Lipinski definition) is 1. The topological polar surface area (TPSA) is 49.4 Å². The van der Waals surface area contributed by atoms with Crippen molar-refractivity contribution >= 4 is 23.2 Å². The molecule has 0 spiro atoms. The zero-order valence-corrected chi connectivity index (χ0v) is 17.3. The Morgan fingerprint density at radius 3 is 2.46 bits per heavy atom. The smallest absolute Gasteiger partial charge is 0.263 e. The van der Waals surface area contributed by atoms with Gasteiger partial charge < -0.3 is 10.2 Å². The van der Waals surface area contributed by atoms with Crippen molar-refractivity contribution in [1.82, 2.24) is 10.2 Å². The minimum Gasteiger partial charge on any atom is -0.349 e. The minimum atomic E-state index is -0.356. The number of benzene rings is 1. The van der Waals surface area contributed by atoms with E-state index in [4.69, 9.17) is 0 Å². The number of nitrogens with zero attached hydrogens (tertiary/aromatic N) is 1. The van der Waals surface area contributed by atoms with E-state index < -0.39 is 0 Å². The van der Waals surface area contributed by atoms with Gasteiger partial charge in [0.2, 0.25) is 0 Å². The lowest BCUT2D eigenvalue weighted by molar-refractivity contribution is 0.0702. The molecule has 1 fully saturated rings. The fourth-order valence-electron chi connectivity index (χ4n) is 3.56. The Morgan fingerprint density at radius 2 is 1.86 bits per heavy atom. The van der Waals surface area contributed by atoms with Gasteiger partial charge in [-0.2, -0.15) is 0 Å². The molecule has 28 heavy (non-hydrogen) atoms. The fourth-order valence-corrected chi connectivity index (χ4v) is 4.89. The summed E-state index contributed by atoms with van der Waals surface area (Å²) in [5.74, 6) is -0.449. The molecule has 3 rings (SSSR count). The molecular weight excluding hydrogens is 375 g/mol. The number of amides is 2. The molecule has 150 valence electrons. The van der Waals surface area contributed by atoms with Gasteiger partial charge in [0.25, 0.3) is 11.8 Å². The summed E-state index contributed by atoms with van der Waals surface area (Å²) in [6, 6.07) is 7.63. The van der Waals surface area contributed by atoms with Crippen molar-refractivity contribution in [1.29, 1.82) is 0 Å². The number of carbonyl (C=O) groups is 2. The monoisotopic (exact) mass is 402 g/mol. The van der Waals surface area contributed by atoms with E-state index in [0.29, 0.717) is 18.7 Å². The standard InChI is InChI=1S/C22H27FN2O2S/c1-3-5-19-15(4-2)14-20(28-19)22(27)25-12-10-18(11-13-25)24-21(26)16-6-8-17(23)9-7-16/h6-9,14,18H,3-5,10-13H2,1-2H3,(H,24,26). The van der Waals surface area contributed by atoms with Crippen LogP contribution in [0.25, 0.3) is 0 Å². The van der Waals surface area contributed by atoms with Crippen LogP contribution in [-0.4, -0.2) is 35.8 Å². The molecule has 6 heteroatoms. The van der Waals surface area contributed by atoms with Crippen molar-refractivity contribution in [3.8, 4) is 0 Å². The van der Waals surface area contributed by atoms with Crippen LogP contribution >= 0.6 is 11.3 Å². The number of rotatable bonds is 6. The lowest BCUT2D eigenvalue weighted by Gasteiger charge is -2.32. The Kier molecular flexibility index (Phi) is 6.83. The van der Waals surface area contributed by atoms with E-state index in [0.717, 1.165) is 37.0 Å². The summed E-state index contributed by atoms with van der Waals surface area (Å²) in [5, 5.41) is 3.00. The summed E-state index contributed by atoms with van der Waals surface area (Å²) in [5.41, 5.74) is 1.74. The van der Waals surface area contributed by atoms with Crippen molar-refractivity contribution < 1.29 is 14.0 Å². The van der Waals surface area contributed by atoms with Crippen LogP contribution in [0.1, 0.15) is 63.6 Å². The quantitative estimate of drug-likeness (QED) is 0.777. The van der Waals surface area contributed by atoms with E-state index >= 15 is 0 Å². The molecule has 1 aromatic heterocycles. The van der Waals surface area contributed by atoms with Crippen LogP contribution in [-0.2, 0) is 12.8 Å². The van der Waals surface area contributed by atoms with E-state index in [9.17, 15) is 14.0 Å². The number of halogens is 1. The van der Waals surface area contributed by atoms with E-state index in [1.165, 1.54) is 34.7 Å². The van der Waals surface area contributed by atoms with Gasteiger partial charge in [0.1, 0.15) is 5.82 Å². The highest BCUT2D eigenvalue weighted by Gasteiger charge is 2.26. The maximum absolute atomic E-state index is 13.0. The van der Waals surface area contributed by atoms with Crippen molar-refractivity contribution in [2.24, 2.45) is 0 Å². The molecule has 0 atom stereocenters. The molecule has 0 bridgehead atoms. The molecule has 1 aliphatic heterocycles. The molecular formula is C22H27FN2O2S. The molecule has 1 N–H and O–H groups in total. The average Bonchev–Trinajstić information content (AvgIpc) is 3.12. The molecule has 0 saturated carbocycles. The first-order chi connectivity index (χ1) is 13.5. The van der Waals surface area contributed by atoms with Gasteiger partial charge in [0.15, 0.2) is 0 Å². The lowest BCUT2D eigenvalue weighted by atomic mass is 10.0. The molecule has 0 unspecified atom stereocenters. The third kappa shape index (κ3) is 4.79. The van der Waals surface area contributed by atoms with Crippen LogP contribution in [0.4, 0.5) is 4.39 Å². The number of aryl methyl sites for hydroxylation is 2. The molecule has 2 amide bonds. The second-order valence-corrected chi connectivity index (χ2v) is 8.35. The first-order valence-corrected chi connectivity index (χ1v) is 10.8. The third-order valence-electron chi connectivity index (χ3n) is 5.19. The second-order valence-electron chi connectivity index (χ2n) is 7.21. The van der Waals surface area contributed by atoms with Crippen LogP contribution in [0, 0.1) is 5.82 Å². The summed E-state index contributed by atoms with van der Waals surface area (Å²) < 4.78 is 13.0. The Labute approximate surface area is 169 Å². The van der Waals surface area contributed by atoms with Crippen molar-refractivity contribution in [3.63, 3.8) is 0 Å². The molecule has 1 aromatic carbocycles. The maximum atomic E-state index is 13.0. The summed E-state index contributed by atoms with van der Waals surface area (Å²) in [4.78, 5) is 29.2. The summed E-state index contributed by atoms with van der Waals surface area (Å²) in [6.45, 7) is 5.56. The largest absolute Gasteiger partial charge is 0.349 e. The van der Waals surface area contributed by atoms with Gasteiger partial charge in [-0.05, 0) is 61.6 Å². The van der Waals surface area contributed by atoms with E-state index in [-0.39, 0.29) is 23.7 Å². The van der Waals surface area contributed by atoms with Crippen molar-refractivity contribution in [2.45, 2.75) is 52.0 Å². The van der Waals surface area contributed by atoms with Gasteiger partial charge in [-0.15, -0.1) is 11.3 Å². The highest BCUT2D eigenvalue weighted by Crippen LogP contribution is 2.27. The molecule has 1 saturated heterocycles. The van der Waals surface area contributed by atoms with Gasteiger partial charge in [0, 0.05) is 29.6 Å². The highest BCUT2D eigenvalue weighted by atomic mass is 32.1. The molecule has 0 radical (unpaired) electrons. The Balaban J connectivity index is 1.55. The maximum Gasteiger partial charge on any atom is 0.263 e. The molecule has 2 heterocycles. The number of carbonyl (C=O) groups excluding carboxylic acids is 2. The predicted molar refractivity (Wildman–Crippen MR) is 110 cm³/mol. The molecule has 2 aromatic rings. The molecule has 0 aliphatic carbocycles. The number of thiophene rings is 1. The fraction of sp³-hybridized carbons (Fsp3) is 0.455. The lowest BCUT2D eigenvalue weighted by Crippen LogP contribution is -2.46. The van der Waals surface area contributed by atoms with E-state index in [1.807, 2.05) is 4.90 Å². The third-order valence-corrected chi connectivity index (χ3v) is 6.41. The Bertz CT molecular complexity index is 824. The first-order valence-electron chi connectivity index (χ1n) is 9.99. The number of nitrogens with one attached hydrogen (secondary N) is 1. The summed E-state index contributed by atoms with van der Waals surface area (Å²) >= 11 is 1.63. The van der Waals surface area contributed by atoms with E-state index in [2.05, 4.69) is 25.2 Å². The van der Waals surface area contributed by atoms with Gasteiger partial charge in [-0.3, -0.25) is 9.59 Å². The highest BCUT2D eigenvalue weighted by molar-refractivity contribution is 7.14. The number of piperidine rings is 1. The van der Waals surface area contributed by atoms with Crippen molar-refractivity contribution in [3.05, 3.63) is 57.0 Å². The Hall–Kier alpha value is -2.21. The van der Waals surface area contributed by atoms with Crippen LogP contribution in [0.15, 0.2) is 30.3 Å². The molecule has 1 aliphatic rings. The molecule has 4 nitrogen and oxygen atoms in total. The number of likely N-dealkylation sites (tertiary alicyclic amines) is 1. The second kappa shape index (κ2) is 9.32. The summed E-state index contributed by atoms with van der Waals surface area (Å²) in [7, 11) is 0. The minimum absolute atomic E-state index is 0.0341. The van der Waals surface area contributed by atoms with Crippen molar-refractivity contribution in [2.75, 3.05) is 13.1 Å². The van der Waals surface area contributed by atoms with Gasteiger partial charge >= 0.3 is 0 Å². The van der Waals surface area contributed by atoms with Gasteiger partial charge in [-0.25, -0.2) is 4.39 Å². The summed E-state index contributed by atoms with van der Waals surface area (Å²) in [6.07, 6.45) is 4.52. The zero-order valence-electron chi connectivity index (χ0n) is 16.5. The van der Waals surface area contributed by atoms with Gasteiger partial charge in [0.05, 0.1) is 4.88 Å². The van der Waals surface area contributed by atoms with Gasteiger partial charge in [-0.1, -0.05) is 20.3 Å². The number of hydrogen-bond acceptors (Lipinski definition) is 3. The van der Waals surface area contributed by atoms with Crippen LogP contribution in [0.5, 0.6) is 0 Å². The first kappa shape index (κ1) is 20.5. The van der Waals surface area contributed by atoms with Crippen LogP contribution in [0.2, 0.25) is 0 Å². The average molecular weight is 403 g/mol. The predicted octanol–water partition coefficient (Wildman–Crippen LogP) is 4.44. The van der Waals surface area contributed by atoms with Crippen LogP contribution in [0.3, 0.4) is 0 Å².